The number of hydrogen-bond acceptors (Lipinski definition) is 4. The molecule has 2 rings (SSSR count). The molecule has 0 bridgehead atoms. The van der Waals surface area contributed by atoms with Crippen LogP contribution in [0.2, 0.25) is 0 Å². The van der Waals surface area contributed by atoms with Gasteiger partial charge in [-0.25, -0.2) is 9.36 Å². The van der Waals surface area contributed by atoms with Gasteiger partial charge in [0.2, 0.25) is 0 Å². The second kappa shape index (κ2) is 9.84. The minimum atomic E-state index is -0.653. The molecule has 0 N–H and O–H groups in total. The molecular weight excluding hydrogens is 502 g/mol. The maximum absolute atomic E-state index is 14.2. The van der Waals surface area contributed by atoms with E-state index in [1.807, 2.05) is 111 Å². The lowest BCUT2D eigenvalue weighted by molar-refractivity contribution is -0.143. The topological polar surface area (TPSA) is 81.4 Å². The van der Waals surface area contributed by atoms with Crippen LogP contribution in [-0.2, 0) is 26.1 Å². The van der Waals surface area contributed by atoms with E-state index in [0.717, 1.165) is 0 Å². The second-order valence-electron chi connectivity index (χ2n) is 17.0. The largest absolute Gasteiger partial charge is 0.270 e. The van der Waals surface area contributed by atoms with E-state index in [-0.39, 0.29) is 22.9 Å². The highest BCUT2D eigenvalue weighted by atomic mass is 16.2. The molecule has 2 heterocycles. The summed E-state index contributed by atoms with van der Waals surface area (Å²) >= 11 is 0. The highest BCUT2D eigenvalue weighted by Gasteiger charge is 2.51. The standard InChI is InChI=1S/C33H55N3O4/c1-20-21(27(40)36(31(11,12)13)35(24(20)37)30(8,9)10)32(14,15)18-19-33(16,17)23-22(28(2,3)4)25(38)34(26(23)39)29(5,6)7/h18-19H2,1-17H3. The first kappa shape index (κ1) is 33.8. The van der Waals surface area contributed by atoms with E-state index in [4.69, 9.17) is 0 Å². The molecule has 0 saturated carbocycles. The molecule has 1 aliphatic rings. The summed E-state index contributed by atoms with van der Waals surface area (Å²) in [6.07, 6.45) is 1.11. The van der Waals surface area contributed by atoms with Gasteiger partial charge in [-0.1, -0.05) is 48.5 Å². The van der Waals surface area contributed by atoms with Crippen molar-refractivity contribution in [2.75, 3.05) is 0 Å². The van der Waals surface area contributed by atoms with Crippen molar-refractivity contribution < 1.29 is 9.59 Å². The number of amides is 2. The van der Waals surface area contributed by atoms with Crippen LogP contribution in [0.1, 0.15) is 135 Å². The first-order valence-corrected chi connectivity index (χ1v) is 14.5. The van der Waals surface area contributed by atoms with Crippen molar-refractivity contribution in [3.63, 3.8) is 0 Å². The zero-order chi connectivity index (χ0) is 31.8. The number of aromatic nitrogens is 2. The van der Waals surface area contributed by atoms with Gasteiger partial charge in [-0.3, -0.25) is 24.1 Å². The Morgan fingerprint density at radius 1 is 0.500 bits per heavy atom. The molecule has 0 atom stereocenters. The Bertz CT molecular complexity index is 1360. The quantitative estimate of drug-likeness (QED) is 0.391. The third kappa shape index (κ3) is 5.94. The molecule has 0 unspecified atom stereocenters. The van der Waals surface area contributed by atoms with Crippen molar-refractivity contribution in [2.45, 2.75) is 153 Å². The van der Waals surface area contributed by atoms with Crippen LogP contribution >= 0.6 is 0 Å². The monoisotopic (exact) mass is 557 g/mol. The summed E-state index contributed by atoms with van der Waals surface area (Å²) in [7, 11) is 0. The van der Waals surface area contributed by atoms with E-state index < -0.39 is 32.9 Å². The van der Waals surface area contributed by atoms with Gasteiger partial charge in [-0.05, 0) is 98.3 Å². The molecule has 0 fully saturated rings. The van der Waals surface area contributed by atoms with E-state index in [0.29, 0.717) is 35.1 Å². The van der Waals surface area contributed by atoms with E-state index in [2.05, 4.69) is 0 Å². The van der Waals surface area contributed by atoms with Crippen LogP contribution in [-0.4, -0.2) is 31.6 Å². The fourth-order valence-corrected chi connectivity index (χ4v) is 6.06. The van der Waals surface area contributed by atoms with E-state index in [9.17, 15) is 19.2 Å². The maximum atomic E-state index is 14.2. The lowest BCUT2D eigenvalue weighted by Gasteiger charge is -2.38. The summed E-state index contributed by atoms with van der Waals surface area (Å²) in [6, 6.07) is 0. The Kier molecular flexibility index (Phi) is 8.30. The van der Waals surface area contributed by atoms with Gasteiger partial charge in [0.25, 0.3) is 22.9 Å². The number of rotatable bonds is 5. The minimum absolute atomic E-state index is 0.164. The van der Waals surface area contributed by atoms with Crippen LogP contribution < -0.4 is 11.1 Å². The molecule has 0 saturated heterocycles. The highest BCUT2D eigenvalue weighted by molar-refractivity contribution is 6.20. The summed E-state index contributed by atoms with van der Waals surface area (Å²) in [5.41, 5.74) is -1.87. The molecule has 7 heteroatoms. The van der Waals surface area contributed by atoms with Crippen LogP contribution in [0.4, 0.5) is 0 Å². The summed E-state index contributed by atoms with van der Waals surface area (Å²) in [5.74, 6) is -0.452. The van der Waals surface area contributed by atoms with Crippen molar-refractivity contribution in [3.8, 4) is 0 Å². The third-order valence-corrected chi connectivity index (χ3v) is 8.00. The Morgan fingerprint density at radius 3 is 1.25 bits per heavy atom. The van der Waals surface area contributed by atoms with Crippen LogP contribution in [0, 0.1) is 17.8 Å². The van der Waals surface area contributed by atoms with Gasteiger partial charge in [0.15, 0.2) is 0 Å². The van der Waals surface area contributed by atoms with Gasteiger partial charge in [0.1, 0.15) is 0 Å². The van der Waals surface area contributed by atoms with Crippen LogP contribution in [0.15, 0.2) is 20.7 Å². The zero-order valence-corrected chi connectivity index (χ0v) is 28.4. The van der Waals surface area contributed by atoms with Crippen molar-refractivity contribution in [2.24, 2.45) is 10.8 Å². The summed E-state index contributed by atoms with van der Waals surface area (Å²) in [5, 5.41) is 0. The molecule has 0 radical (unpaired) electrons. The fraction of sp³-hybridized carbons (Fsp3) is 0.758. The van der Waals surface area contributed by atoms with E-state index >= 15 is 0 Å². The molecular formula is C33H55N3O4. The van der Waals surface area contributed by atoms with Gasteiger partial charge >= 0.3 is 0 Å². The molecule has 1 aliphatic heterocycles. The third-order valence-electron chi connectivity index (χ3n) is 8.00. The van der Waals surface area contributed by atoms with Gasteiger partial charge in [0.05, 0.1) is 11.1 Å². The molecule has 0 aromatic carbocycles. The smallest absolute Gasteiger partial charge is 0.269 e. The maximum Gasteiger partial charge on any atom is 0.269 e. The number of hydrogen-bond donors (Lipinski definition) is 0. The molecule has 40 heavy (non-hydrogen) atoms. The Morgan fingerprint density at radius 2 is 0.875 bits per heavy atom. The summed E-state index contributed by atoms with van der Waals surface area (Å²) in [6.45, 7) is 33.0. The van der Waals surface area contributed by atoms with Crippen LogP contribution in [0.5, 0.6) is 0 Å². The molecule has 2 amide bonds. The molecule has 0 aliphatic carbocycles. The van der Waals surface area contributed by atoms with Crippen molar-refractivity contribution in [1.82, 2.24) is 14.3 Å². The zero-order valence-electron chi connectivity index (χ0n) is 28.4. The first-order valence-electron chi connectivity index (χ1n) is 14.5. The van der Waals surface area contributed by atoms with Crippen molar-refractivity contribution in [3.05, 3.63) is 43.0 Å². The van der Waals surface area contributed by atoms with Crippen molar-refractivity contribution in [1.29, 1.82) is 0 Å². The number of carbonyl (C=O) groups excluding carboxylic acids is 2. The molecule has 1 aromatic heterocycles. The fourth-order valence-electron chi connectivity index (χ4n) is 6.06. The first-order chi connectivity index (χ1) is 17.5. The Balaban J connectivity index is 2.71. The van der Waals surface area contributed by atoms with E-state index in [1.165, 1.54) is 4.90 Å². The van der Waals surface area contributed by atoms with Crippen LogP contribution in [0.3, 0.4) is 0 Å². The second-order valence-corrected chi connectivity index (χ2v) is 17.0. The van der Waals surface area contributed by atoms with Gasteiger partial charge in [0, 0.05) is 27.8 Å². The summed E-state index contributed by atoms with van der Waals surface area (Å²) in [4.78, 5) is 56.9. The number of imide groups is 1. The van der Waals surface area contributed by atoms with E-state index in [1.54, 1.807) is 16.3 Å². The Labute approximate surface area is 242 Å². The average molecular weight is 558 g/mol. The van der Waals surface area contributed by atoms with Crippen LogP contribution in [0.25, 0.3) is 0 Å². The number of carbonyl (C=O) groups is 2. The molecule has 1 aromatic rings. The van der Waals surface area contributed by atoms with Crippen molar-refractivity contribution >= 4 is 11.8 Å². The molecule has 0 spiro atoms. The minimum Gasteiger partial charge on any atom is -0.270 e. The van der Waals surface area contributed by atoms with Gasteiger partial charge in [-0.2, -0.15) is 0 Å². The highest BCUT2D eigenvalue weighted by Crippen LogP contribution is 2.47. The number of nitrogens with zero attached hydrogens (tertiary/aromatic N) is 3. The SMILES string of the molecule is Cc1c(C(C)(C)CCC(C)(C)C2=C(C(C)(C)C)C(=O)N(C(C)(C)C)C2=O)c(=O)n(C(C)(C)C)n(C(C)(C)C)c1=O. The summed E-state index contributed by atoms with van der Waals surface area (Å²) < 4.78 is 3.21. The lowest BCUT2D eigenvalue weighted by atomic mass is 9.69. The van der Waals surface area contributed by atoms with Gasteiger partial charge < -0.3 is 0 Å². The molecule has 7 nitrogen and oxygen atoms in total. The molecule has 226 valence electrons. The average Bonchev–Trinajstić information content (AvgIpc) is 2.98. The lowest BCUT2D eigenvalue weighted by Crippen LogP contribution is -2.55. The normalized spacial score (nSPS) is 16.5. The van der Waals surface area contributed by atoms with Gasteiger partial charge in [-0.15, -0.1) is 0 Å². The predicted octanol–water partition coefficient (Wildman–Crippen LogP) is 6.42. The predicted molar refractivity (Wildman–Crippen MR) is 164 cm³/mol. The Hall–Kier alpha value is -2.44.